The Kier molecular flexibility index (Phi) is 5.84. The molecule has 0 aliphatic rings. The van der Waals surface area contributed by atoms with Crippen molar-refractivity contribution in [1.82, 2.24) is 0 Å². The van der Waals surface area contributed by atoms with Gasteiger partial charge in [-0.3, -0.25) is 4.79 Å². The van der Waals surface area contributed by atoms with Crippen molar-refractivity contribution in [3.8, 4) is 6.07 Å². The Hall–Kier alpha value is -2.07. The van der Waals surface area contributed by atoms with Crippen LogP contribution in [-0.4, -0.2) is 20.1 Å². The molecule has 0 unspecified atom stereocenters. The van der Waals surface area contributed by atoms with Crippen LogP contribution in [0.25, 0.3) is 0 Å². The van der Waals surface area contributed by atoms with Crippen molar-refractivity contribution < 1.29 is 13.2 Å². The van der Waals surface area contributed by atoms with E-state index in [-0.39, 0.29) is 16.3 Å². The number of carbonyl (C=O) groups is 1. The molecule has 0 atom stereocenters. The molecular weight excluding hydrogens is 371 g/mol. The number of anilines is 1. The number of carbonyl (C=O) groups excluding carboxylic acids is 1. The molecule has 1 N–H and O–H groups in total. The lowest BCUT2D eigenvalue weighted by atomic mass is 10.2. The number of hydrogen-bond donors (Lipinski definition) is 1. The van der Waals surface area contributed by atoms with E-state index in [0.29, 0.717) is 16.3 Å². The summed E-state index contributed by atoms with van der Waals surface area (Å²) >= 11 is 11.6. The van der Waals surface area contributed by atoms with Crippen LogP contribution in [0, 0.1) is 11.3 Å². The minimum Gasteiger partial charge on any atom is -0.325 e. The number of rotatable bonds is 5. The van der Waals surface area contributed by atoms with Crippen LogP contribution in [0.1, 0.15) is 11.1 Å². The summed E-state index contributed by atoms with van der Waals surface area (Å²) in [5, 5.41) is 11.9. The van der Waals surface area contributed by atoms with E-state index in [1.807, 2.05) is 6.07 Å². The zero-order valence-corrected chi connectivity index (χ0v) is 14.6. The van der Waals surface area contributed by atoms with E-state index in [2.05, 4.69) is 5.32 Å². The molecule has 0 fully saturated rings. The molecule has 8 heteroatoms. The largest absolute Gasteiger partial charge is 0.325 e. The van der Waals surface area contributed by atoms with Gasteiger partial charge in [-0.05, 0) is 35.9 Å². The monoisotopic (exact) mass is 382 g/mol. The molecule has 0 spiro atoms. The van der Waals surface area contributed by atoms with Gasteiger partial charge in [-0.15, -0.1) is 0 Å². The lowest BCUT2D eigenvalue weighted by Crippen LogP contribution is -2.24. The van der Waals surface area contributed by atoms with Gasteiger partial charge in [0.05, 0.1) is 16.3 Å². The van der Waals surface area contributed by atoms with E-state index in [1.165, 1.54) is 18.2 Å². The van der Waals surface area contributed by atoms with Crippen molar-refractivity contribution in [2.75, 3.05) is 11.1 Å². The molecule has 0 bridgehead atoms. The third kappa shape index (κ3) is 5.24. The minimum absolute atomic E-state index is 0.180. The molecule has 5 nitrogen and oxygen atoms in total. The molecule has 0 radical (unpaired) electrons. The highest BCUT2D eigenvalue weighted by molar-refractivity contribution is 7.91. The Labute approximate surface area is 149 Å². The SMILES string of the molecule is N#Cc1ccc(NC(=O)CS(=O)(=O)Cc2ccc(Cl)cc2)cc1Cl. The van der Waals surface area contributed by atoms with E-state index in [9.17, 15) is 13.2 Å². The zero-order chi connectivity index (χ0) is 17.7. The normalized spacial score (nSPS) is 10.9. The molecule has 1 amide bonds. The third-order valence-electron chi connectivity index (χ3n) is 3.02. The molecule has 0 aliphatic heterocycles. The second-order valence-corrected chi connectivity index (χ2v) is 7.92. The predicted octanol–water partition coefficient (Wildman–Crippen LogP) is 3.42. The van der Waals surface area contributed by atoms with Gasteiger partial charge >= 0.3 is 0 Å². The number of hydrogen-bond acceptors (Lipinski definition) is 4. The summed E-state index contributed by atoms with van der Waals surface area (Å²) in [6.45, 7) is 0. The number of nitrogens with one attached hydrogen (secondary N) is 1. The van der Waals surface area contributed by atoms with Crippen molar-refractivity contribution in [2.24, 2.45) is 0 Å². The molecule has 0 saturated heterocycles. The van der Waals surface area contributed by atoms with Crippen molar-refractivity contribution in [1.29, 1.82) is 5.26 Å². The lowest BCUT2D eigenvalue weighted by Gasteiger charge is -2.07. The highest BCUT2D eigenvalue weighted by atomic mass is 35.5. The van der Waals surface area contributed by atoms with Gasteiger partial charge in [0.15, 0.2) is 9.84 Å². The maximum atomic E-state index is 12.1. The number of benzene rings is 2. The van der Waals surface area contributed by atoms with Crippen LogP contribution in [0.5, 0.6) is 0 Å². The Morgan fingerprint density at radius 3 is 2.38 bits per heavy atom. The van der Waals surface area contributed by atoms with E-state index in [4.69, 9.17) is 28.5 Å². The number of amides is 1. The fraction of sp³-hybridized carbons (Fsp3) is 0.125. The summed E-state index contributed by atoms with van der Waals surface area (Å²) in [7, 11) is -3.63. The summed E-state index contributed by atoms with van der Waals surface area (Å²) in [5.74, 6) is -1.59. The molecule has 2 rings (SSSR count). The predicted molar refractivity (Wildman–Crippen MR) is 93.7 cm³/mol. The van der Waals surface area contributed by atoms with Crippen molar-refractivity contribution in [3.05, 3.63) is 63.6 Å². The van der Waals surface area contributed by atoms with Crippen LogP contribution < -0.4 is 5.32 Å². The standard InChI is InChI=1S/C16H12Cl2N2O3S/c17-13-4-1-11(2-5-13)9-24(22,23)10-16(21)20-14-6-3-12(8-19)15(18)7-14/h1-7H,9-10H2,(H,20,21). The van der Waals surface area contributed by atoms with E-state index in [1.54, 1.807) is 24.3 Å². The summed E-state index contributed by atoms with van der Waals surface area (Å²) in [4.78, 5) is 11.9. The molecule has 2 aromatic carbocycles. The van der Waals surface area contributed by atoms with Gasteiger partial charge in [0.1, 0.15) is 11.8 Å². The molecule has 24 heavy (non-hydrogen) atoms. The summed E-state index contributed by atoms with van der Waals surface area (Å²) in [6, 6.07) is 12.6. The maximum Gasteiger partial charge on any atom is 0.239 e. The highest BCUT2D eigenvalue weighted by Crippen LogP contribution is 2.20. The van der Waals surface area contributed by atoms with Crippen molar-refractivity contribution in [3.63, 3.8) is 0 Å². The Morgan fingerprint density at radius 2 is 1.79 bits per heavy atom. The molecule has 0 saturated carbocycles. The molecule has 0 aromatic heterocycles. The average molecular weight is 383 g/mol. The Bertz CT molecular complexity index is 904. The van der Waals surface area contributed by atoms with Gasteiger partial charge < -0.3 is 5.32 Å². The average Bonchev–Trinajstić information content (AvgIpc) is 2.49. The summed E-state index contributed by atoms with van der Waals surface area (Å²) in [5.41, 5.74) is 1.14. The first kappa shape index (κ1) is 18.3. The first-order valence-corrected chi connectivity index (χ1v) is 9.31. The zero-order valence-electron chi connectivity index (χ0n) is 12.3. The van der Waals surface area contributed by atoms with Crippen LogP contribution in [-0.2, 0) is 20.4 Å². The highest BCUT2D eigenvalue weighted by Gasteiger charge is 2.18. The van der Waals surface area contributed by atoms with Crippen LogP contribution in [0.4, 0.5) is 5.69 Å². The van der Waals surface area contributed by atoms with Crippen LogP contribution in [0.2, 0.25) is 10.0 Å². The number of nitrogens with zero attached hydrogens (tertiary/aromatic N) is 1. The molecule has 2 aromatic rings. The van der Waals surface area contributed by atoms with E-state index in [0.717, 1.165) is 0 Å². The molecule has 124 valence electrons. The number of sulfone groups is 1. The Balaban J connectivity index is 2.01. The van der Waals surface area contributed by atoms with Gasteiger partial charge in [0, 0.05) is 10.7 Å². The van der Waals surface area contributed by atoms with Gasteiger partial charge in [-0.25, -0.2) is 8.42 Å². The van der Waals surface area contributed by atoms with Gasteiger partial charge in [0.2, 0.25) is 5.91 Å². The lowest BCUT2D eigenvalue weighted by molar-refractivity contribution is -0.113. The van der Waals surface area contributed by atoms with E-state index >= 15 is 0 Å². The number of halogens is 2. The number of nitriles is 1. The third-order valence-corrected chi connectivity index (χ3v) is 5.06. The Morgan fingerprint density at radius 1 is 1.12 bits per heavy atom. The molecule has 0 heterocycles. The van der Waals surface area contributed by atoms with Crippen LogP contribution in [0.15, 0.2) is 42.5 Å². The first-order chi connectivity index (χ1) is 11.3. The quantitative estimate of drug-likeness (QED) is 0.857. The van der Waals surface area contributed by atoms with Crippen molar-refractivity contribution >= 4 is 44.6 Å². The van der Waals surface area contributed by atoms with Crippen molar-refractivity contribution in [2.45, 2.75) is 5.75 Å². The minimum atomic E-state index is -3.63. The fourth-order valence-corrected chi connectivity index (χ4v) is 3.59. The molecular formula is C16H12Cl2N2O3S. The second-order valence-electron chi connectivity index (χ2n) is 5.01. The van der Waals surface area contributed by atoms with Gasteiger partial charge in [0.25, 0.3) is 0 Å². The summed E-state index contributed by atoms with van der Waals surface area (Å²) < 4.78 is 24.2. The smallest absolute Gasteiger partial charge is 0.239 e. The van der Waals surface area contributed by atoms with Gasteiger partial charge in [-0.2, -0.15) is 5.26 Å². The molecule has 0 aliphatic carbocycles. The fourth-order valence-electron chi connectivity index (χ4n) is 1.97. The maximum absolute atomic E-state index is 12.1. The van der Waals surface area contributed by atoms with Crippen LogP contribution >= 0.6 is 23.2 Å². The second kappa shape index (κ2) is 7.67. The van der Waals surface area contributed by atoms with Crippen LogP contribution in [0.3, 0.4) is 0 Å². The van der Waals surface area contributed by atoms with E-state index < -0.39 is 21.5 Å². The van der Waals surface area contributed by atoms with Gasteiger partial charge in [-0.1, -0.05) is 35.3 Å². The first-order valence-electron chi connectivity index (χ1n) is 6.73. The topological polar surface area (TPSA) is 87.0 Å². The summed E-state index contributed by atoms with van der Waals surface area (Å²) in [6.07, 6.45) is 0.